The van der Waals surface area contributed by atoms with Gasteiger partial charge in [0, 0.05) is 28.9 Å². The Bertz CT molecular complexity index is 785. The van der Waals surface area contributed by atoms with Crippen LogP contribution in [0.4, 0.5) is 5.69 Å². The second-order valence-corrected chi connectivity index (χ2v) is 5.38. The summed E-state index contributed by atoms with van der Waals surface area (Å²) in [6, 6.07) is 12.7. The molecule has 1 amide bonds. The number of thiophene rings is 1. The van der Waals surface area contributed by atoms with Crippen LogP contribution in [0.15, 0.2) is 59.4 Å². The van der Waals surface area contributed by atoms with Crippen molar-refractivity contribution >= 4 is 22.9 Å². The summed E-state index contributed by atoms with van der Waals surface area (Å²) in [5.41, 5.74) is 2.86. The van der Waals surface area contributed by atoms with Crippen LogP contribution >= 0.6 is 11.3 Å². The van der Waals surface area contributed by atoms with Gasteiger partial charge in [0.15, 0.2) is 0 Å². The van der Waals surface area contributed by atoms with Gasteiger partial charge in [0.2, 0.25) is 0 Å². The molecule has 0 aliphatic heterocycles. The molecule has 0 aliphatic carbocycles. The molecule has 0 bridgehead atoms. The number of hydrogen-bond donors (Lipinski definition) is 1. The van der Waals surface area contributed by atoms with E-state index in [0.29, 0.717) is 22.7 Å². The summed E-state index contributed by atoms with van der Waals surface area (Å²) in [6.45, 7) is 0. The predicted molar refractivity (Wildman–Crippen MR) is 88.5 cm³/mol. The average Bonchev–Trinajstić information content (AvgIpc) is 3.09. The van der Waals surface area contributed by atoms with Crippen molar-refractivity contribution in [2.45, 2.75) is 0 Å². The van der Waals surface area contributed by atoms with Crippen molar-refractivity contribution in [1.82, 2.24) is 4.98 Å². The summed E-state index contributed by atoms with van der Waals surface area (Å²) in [5, 5.41) is 6.82. The van der Waals surface area contributed by atoms with Crippen LogP contribution in [-0.4, -0.2) is 18.0 Å². The van der Waals surface area contributed by atoms with Crippen LogP contribution in [0.3, 0.4) is 0 Å². The zero-order valence-corrected chi connectivity index (χ0v) is 12.8. The van der Waals surface area contributed by atoms with E-state index in [1.807, 2.05) is 35.0 Å². The second kappa shape index (κ2) is 6.41. The SMILES string of the molecule is COc1cccc(NC(=O)c2cccnc2-c2ccsc2)c1. The third kappa shape index (κ3) is 2.99. The van der Waals surface area contributed by atoms with Crippen LogP contribution in [0, 0.1) is 0 Å². The van der Waals surface area contributed by atoms with Crippen LogP contribution in [0.1, 0.15) is 10.4 Å². The Labute approximate surface area is 132 Å². The molecule has 0 saturated heterocycles. The number of nitrogens with one attached hydrogen (secondary N) is 1. The molecule has 0 fully saturated rings. The van der Waals surface area contributed by atoms with Crippen LogP contribution in [0.5, 0.6) is 5.75 Å². The predicted octanol–water partition coefficient (Wildman–Crippen LogP) is 4.07. The Kier molecular flexibility index (Phi) is 4.16. The number of carbonyl (C=O) groups is 1. The van der Waals surface area contributed by atoms with E-state index >= 15 is 0 Å². The van der Waals surface area contributed by atoms with Gasteiger partial charge in [-0.2, -0.15) is 11.3 Å². The summed E-state index contributed by atoms with van der Waals surface area (Å²) in [6.07, 6.45) is 1.69. The maximum Gasteiger partial charge on any atom is 0.257 e. The molecule has 22 heavy (non-hydrogen) atoms. The third-order valence-corrected chi connectivity index (χ3v) is 3.86. The van der Waals surface area contributed by atoms with Crippen molar-refractivity contribution in [3.05, 3.63) is 65.0 Å². The van der Waals surface area contributed by atoms with Gasteiger partial charge in [-0.05, 0) is 35.7 Å². The first-order valence-corrected chi connectivity index (χ1v) is 7.65. The van der Waals surface area contributed by atoms with E-state index in [0.717, 1.165) is 5.56 Å². The molecule has 2 heterocycles. The lowest BCUT2D eigenvalue weighted by atomic mass is 10.1. The van der Waals surface area contributed by atoms with Gasteiger partial charge in [-0.3, -0.25) is 9.78 Å². The fourth-order valence-electron chi connectivity index (χ4n) is 2.12. The number of methoxy groups -OCH3 is 1. The van der Waals surface area contributed by atoms with Gasteiger partial charge < -0.3 is 10.1 Å². The lowest BCUT2D eigenvalue weighted by Gasteiger charge is -2.09. The lowest BCUT2D eigenvalue weighted by molar-refractivity contribution is 0.102. The molecule has 0 radical (unpaired) electrons. The van der Waals surface area contributed by atoms with E-state index in [1.54, 1.807) is 42.8 Å². The Hall–Kier alpha value is -2.66. The van der Waals surface area contributed by atoms with Crippen molar-refractivity contribution in [1.29, 1.82) is 0 Å². The molecule has 5 heteroatoms. The van der Waals surface area contributed by atoms with E-state index in [2.05, 4.69) is 10.3 Å². The number of carbonyl (C=O) groups excluding carboxylic acids is 1. The summed E-state index contributed by atoms with van der Waals surface area (Å²) in [4.78, 5) is 16.9. The van der Waals surface area contributed by atoms with Gasteiger partial charge in [0.05, 0.1) is 18.4 Å². The smallest absolute Gasteiger partial charge is 0.257 e. The van der Waals surface area contributed by atoms with Gasteiger partial charge in [0.1, 0.15) is 5.75 Å². The number of amides is 1. The minimum absolute atomic E-state index is 0.192. The standard InChI is InChI=1S/C17H14N2O2S/c1-21-14-5-2-4-13(10-14)19-17(20)15-6-3-8-18-16(15)12-7-9-22-11-12/h2-11H,1H3,(H,19,20). The fourth-order valence-corrected chi connectivity index (χ4v) is 2.76. The summed E-state index contributed by atoms with van der Waals surface area (Å²) in [7, 11) is 1.59. The number of ether oxygens (including phenoxy) is 1. The highest BCUT2D eigenvalue weighted by atomic mass is 32.1. The van der Waals surface area contributed by atoms with Crippen molar-refractivity contribution in [2.75, 3.05) is 12.4 Å². The Morgan fingerprint density at radius 1 is 1.23 bits per heavy atom. The number of nitrogens with zero attached hydrogens (tertiary/aromatic N) is 1. The molecule has 0 spiro atoms. The van der Waals surface area contributed by atoms with E-state index in [1.165, 1.54) is 0 Å². The topological polar surface area (TPSA) is 51.2 Å². The van der Waals surface area contributed by atoms with E-state index in [-0.39, 0.29) is 5.91 Å². The summed E-state index contributed by atoms with van der Waals surface area (Å²) >= 11 is 1.58. The molecule has 3 rings (SSSR count). The van der Waals surface area contributed by atoms with Crippen LogP contribution < -0.4 is 10.1 Å². The minimum atomic E-state index is -0.192. The molecule has 1 N–H and O–H groups in total. The fraction of sp³-hybridized carbons (Fsp3) is 0.0588. The summed E-state index contributed by atoms with van der Waals surface area (Å²) in [5.74, 6) is 0.504. The molecule has 1 aromatic carbocycles. The number of anilines is 1. The van der Waals surface area contributed by atoms with Crippen molar-refractivity contribution in [3.63, 3.8) is 0 Å². The van der Waals surface area contributed by atoms with E-state index in [4.69, 9.17) is 4.74 Å². The quantitative estimate of drug-likeness (QED) is 0.790. The van der Waals surface area contributed by atoms with Crippen molar-refractivity contribution < 1.29 is 9.53 Å². The number of hydrogen-bond acceptors (Lipinski definition) is 4. The molecule has 0 atom stereocenters. The Balaban J connectivity index is 1.89. The zero-order chi connectivity index (χ0) is 15.4. The minimum Gasteiger partial charge on any atom is -0.497 e. The number of benzene rings is 1. The molecule has 2 aromatic heterocycles. The van der Waals surface area contributed by atoms with Crippen molar-refractivity contribution in [3.8, 4) is 17.0 Å². The highest BCUT2D eigenvalue weighted by Gasteiger charge is 2.14. The molecule has 0 unspecified atom stereocenters. The molecule has 3 aromatic rings. The zero-order valence-electron chi connectivity index (χ0n) is 11.9. The highest BCUT2D eigenvalue weighted by molar-refractivity contribution is 7.08. The third-order valence-electron chi connectivity index (χ3n) is 3.17. The second-order valence-electron chi connectivity index (χ2n) is 4.60. The number of aromatic nitrogens is 1. The first-order chi connectivity index (χ1) is 10.8. The van der Waals surface area contributed by atoms with Gasteiger partial charge in [-0.15, -0.1) is 0 Å². The monoisotopic (exact) mass is 310 g/mol. The first kappa shape index (κ1) is 14.3. The molecular weight excluding hydrogens is 296 g/mol. The number of rotatable bonds is 4. The Morgan fingerprint density at radius 3 is 2.91 bits per heavy atom. The number of pyridine rings is 1. The lowest BCUT2D eigenvalue weighted by Crippen LogP contribution is -2.13. The first-order valence-electron chi connectivity index (χ1n) is 6.71. The molecule has 4 nitrogen and oxygen atoms in total. The highest BCUT2D eigenvalue weighted by Crippen LogP contribution is 2.25. The average molecular weight is 310 g/mol. The largest absolute Gasteiger partial charge is 0.497 e. The van der Waals surface area contributed by atoms with Crippen LogP contribution in [0.25, 0.3) is 11.3 Å². The maximum atomic E-state index is 12.5. The van der Waals surface area contributed by atoms with Gasteiger partial charge in [0.25, 0.3) is 5.91 Å². The van der Waals surface area contributed by atoms with Crippen LogP contribution in [-0.2, 0) is 0 Å². The molecule has 0 saturated carbocycles. The van der Waals surface area contributed by atoms with Gasteiger partial charge in [-0.25, -0.2) is 0 Å². The summed E-state index contributed by atoms with van der Waals surface area (Å²) < 4.78 is 5.16. The molecule has 0 aliphatic rings. The molecular formula is C17H14N2O2S. The maximum absolute atomic E-state index is 12.5. The van der Waals surface area contributed by atoms with Gasteiger partial charge >= 0.3 is 0 Å². The Morgan fingerprint density at radius 2 is 2.14 bits per heavy atom. The normalized spacial score (nSPS) is 10.2. The van der Waals surface area contributed by atoms with E-state index < -0.39 is 0 Å². The van der Waals surface area contributed by atoms with Crippen LogP contribution in [0.2, 0.25) is 0 Å². The van der Waals surface area contributed by atoms with Gasteiger partial charge in [-0.1, -0.05) is 6.07 Å². The molecule has 110 valence electrons. The van der Waals surface area contributed by atoms with E-state index in [9.17, 15) is 4.79 Å². The van der Waals surface area contributed by atoms with Crippen molar-refractivity contribution in [2.24, 2.45) is 0 Å².